The summed E-state index contributed by atoms with van der Waals surface area (Å²) in [5, 5.41) is 15.3. The molecule has 0 aliphatic carbocycles. The van der Waals surface area contributed by atoms with Crippen molar-refractivity contribution in [2.45, 2.75) is 0 Å². The van der Waals surface area contributed by atoms with Gasteiger partial charge in [-0.15, -0.1) is 7.28 Å². The van der Waals surface area contributed by atoms with Gasteiger partial charge in [-0.05, 0) is 12.1 Å². The Kier molecular flexibility index (Phi) is 2.62. The Morgan fingerprint density at radius 1 is 0.933 bits per heavy atom. The van der Waals surface area contributed by atoms with Crippen LogP contribution >= 0.6 is 0 Å². The average molecular weight is 201 g/mol. The molecule has 0 spiro atoms. The van der Waals surface area contributed by atoms with Gasteiger partial charge in [-0.3, -0.25) is 0 Å². The third-order valence-corrected chi connectivity index (χ3v) is 2.04. The largest absolute Gasteiger partial charge is 0.183 e. The second-order valence-electron chi connectivity index (χ2n) is 3.08. The molecular formula is C8H10BN6+. The third kappa shape index (κ3) is 2.12. The third-order valence-electron chi connectivity index (χ3n) is 2.04. The van der Waals surface area contributed by atoms with Crippen LogP contribution in [0, 0.1) is 0 Å². The standard InChI is InChI=1S/C8H10BN6/c1-14-7(3-5-10-12-14)9-8-4-6-11-13-15(8)2/h3-6H,1-2H3/q+1. The van der Waals surface area contributed by atoms with Gasteiger partial charge in [-0.2, -0.15) is 9.36 Å². The van der Waals surface area contributed by atoms with Crippen LogP contribution in [0.2, 0.25) is 0 Å². The van der Waals surface area contributed by atoms with Crippen LogP contribution in [0.5, 0.6) is 0 Å². The molecule has 0 amide bonds. The maximum Gasteiger partial charge on any atom is 0.167 e. The number of aromatic nitrogens is 6. The first-order valence-electron chi connectivity index (χ1n) is 4.48. The number of hydrogen-bond donors (Lipinski definition) is 0. The SMILES string of the molecule is C[n+]1nnccc1[B-]c1ccnn[n+]1C. The molecule has 2 aromatic rings. The predicted molar refractivity (Wildman–Crippen MR) is 51.4 cm³/mol. The van der Waals surface area contributed by atoms with Crippen LogP contribution in [0.25, 0.3) is 0 Å². The zero-order valence-corrected chi connectivity index (χ0v) is 8.57. The number of hydrogen-bond acceptors (Lipinski definition) is 4. The lowest BCUT2D eigenvalue weighted by molar-refractivity contribution is -0.723. The van der Waals surface area contributed by atoms with Gasteiger partial charge in [0.05, 0.1) is 24.3 Å². The van der Waals surface area contributed by atoms with Crippen molar-refractivity contribution in [3.05, 3.63) is 24.5 Å². The van der Waals surface area contributed by atoms with Crippen molar-refractivity contribution in [3.8, 4) is 0 Å². The van der Waals surface area contributed by atoms with E-state index in [1.807, 2.05) is 33.5 Å². The Morgan fingerprint density at radius 3 is 1.80 bits per heavy atom. The van der Waals surface area contributed by atoms with Gasteiger partial charge in [0.15, 0.2) is 12.4 Å². The molecule has 0 aliphatic rings. The highest BCUT2D eigenvalue weighted by molar-refractivity contribution is 6.64. The molecule has 15 heavy (non-hydrogen) atoms. The van der Waals surface area contributed by atoms with Crippen LogP contribution in [0.15, 0.2) is 24.5 Å². The monoisotopic (exact) mass is 201 g/mol. The van der Waals surface area contributed by atoms with Gasteiger partial charge in [0.25, 0.3) is 0 Å². The molecule has 6 nitrogen and oxygen atoms in total. The maximum atomic E-state index is 3.90. The van der Waals surface area contributed by atoms with Gasteiger partial charge in [-0.1, -0.05) is 11.2 Å². The van der Waals surface area contributed by atoms with Gasteiger partial charge in [0.2, 0.25) is 0 Å². The fraction of sp³-hybridized carbons (Fsp3) is 0.250. The van der Waals surface area contributed by atoms with E-state index in [0.717, 1.165) is 11.2 Å². The van der Waals surface area contributed by atoms with Crippen LogP contribution in [0.3, 0.4) is 0 Å². The molecule has 0 fully saturated rings. The Balaban J connectivity index is 2.30. The van der Waals surface area contributed by atoms with Crippen molar-refractivity contribution in [2.24, 2.45) is 14.1 Å². The molecule has 2 radical (unpaired) electrons. The summed E-state index contributed by atoms with van der Waals surface area (Å²) in [4.78, 5) is 0. The molecular weight excluding hydrogens is 191 g/mol. The molecule has 2 heterocycles. The highest BCUT2D eigenvalue weighted by Crippen LogP contribution is 1.67. The van der Waals surface area contributed by atoms with Gasteiger partial charge >= 0.3 is 0 Å². The Hall–Kier alpha value is -1.92. The Morgan fingerprint density at radius 2 is 1.40 bits per heavy atom. The first-order chi connectivity index (χ1) is 7.27. The molecule has 0 saturated carbocycles. The molecule has 0 aliphatic heterocycles. The van der Waals surface area contributed by atoms with Crippen molar-refractivity contribution in [1.82, 2.24) is 20.6 Å². The van der Waals surface area contributed by atoms with E-state index in [-0.39, 0.29) is 0 Å². The van der Waals surface area contributed by atoms with E-state index in [2.05, 4.69) is 20.6 Å². The zero-order valence-electron chi connectivity index (χ0n) is 8.57. The molecule has 0 N–H and O–H groups in total. The van der Waals surface area contributed by atoms with Gasteiger partial charge in [0, 0.05) is 0 Å². The van der Waals surface area contributed by atoms with E-state index in [0.29, 0.717) is 0 Å². The molecule has 74 valence electrons. The summed E-state index contributed by atoms with van der Waals surface area (Å²) in [7, 11) is 5.64. The number of aryl methyl sites for hydroxylation is 2. The van der Waals surface area contributed by atoms with E-state index in [4.69, 9.17) is 0 Å². The molecule has 0 bridgehead atoms. The minimum atomic E-state index is 0.952. The van der Waals surface area contributed by atoms with Crippen molar-refractivity contribution in [3.63, 3.8) is 0 Å². The lowest BCUT2D eigenvalue weighted by Gasteiger charge is -2.12. The second kappa shape index (κ2) is 4.08. The first-order valence-corrected chi connectivity index (χ1v) is 4.48. The molecule has 2 aromatic heterocycles. The average Bonchev–Trinajstić information content (AvgIpc) is 2.24. The van der Waals surface area contributed by atoms with E-state index < -0.39 is 0 Å². The van der Waals surface area contributed by atoms with Crippen molar-refractivity contribution < 1.29 is 9.36 Å². The number of nitrogens with zero attached hydrogens (tertiary/aromatic N) is 6. The van der Waals surface area contributed by atoms with Gasteiger partial charge in [-0.25, -0.2) is 0 Å². The second-order valence-corrected chi connectivity index (χ2v) is 3.08. The van der Waals surface area contributed by atoms with Crippen molar-refractivity contribution in [1.29, 1.82) is 0 Å². The number of rotatable bonds is 2. The summed E-state index contributed by atoms with van der Waals surface area (Å²) in [5.41, 5.74) is 1.90. The summed E-state index contributed by atoms with van der Waals surface area (Å²) >= 11 is 0. The van der Waals surface area contributed by atoms with E-state index >= 15 is 0 Å². The van der Waals surface area contributed by atoms with Gasteiger partial charge < -0.3 is 0 Å². The predicted octanol–water partition coefficient (Wildman–Crippen LogP) is -3.43. The summed E-state index contributed by atoms with van der Waals surface area (Å²) < 4.78 is 3.39. The lowest BCUT2D eigenvalue weighted by atomic mass is 9.70. The van der Waals surface area contributed by atoms with E-state index in [9.17, 15) is 0 Å². The normalized spacial score (nSPS) is 10.3. The van der Waals surface area contributed by atoms with E-state index in [1.54, 1.807) is 21.8 Å². The summed E-state index contributed by atoms with van der Waals surface area (Å²) in [6, 6.07) is 3.76. The first kappa shape index (κ1) is 9.63. The molecule has 0 aromatic carbocycles. The van der Waals surface area contributed by atoms with Crippen LogP contribution in [0.1, 0.15) is 0 Å². The molecule has 2 rings (SSSR count). The maximum absolute atomic E-state index is 3.90. The summed E-state index contributed by atoms with van der Waals surface area (Å²) in [5.74, 6) is 0. The topological polar surface area (TPSA) is 59.3 Å². The fourth-order valence-electron chi connectivity index (χ4n) is 1.19. The molecule has 0 saturated heterocycles. The zero-order chi connectivity index (χ0) is 10.7. The Labute approximate surface area is 87.8 Å². The van der Waals surface area contributed by atoms with Crippen molar-refractivity contribution >= 4 is 18.5 Å². The molecule has 0 atom stereocenters. The highest BCUT2D eigenvalue weighted by Gasteiger charge is 1.98. The van der Waals surface area contributed by atoms with E-state index in [1.165, 1.54) is 0 Å². The summed E-state index contributed by atoms with van der Waals surface area (Å²) in [6.45, 7) is 0. The van der Waals surface area contributed by atoms with Crippen LogP contribution < -0.4 is 20.6 Å². The van der Waals surface area contributed by atoms with Crippen LogP contribution in [-0.4, -0.2) is 27.9 Å². The minimum Gasteiger partial charge on any atom is -0.183 e. The van der Waals surface area contributed by atoms with Crippen LogP contribution in [-0.2, 0) is 14.1 Å². The van der Waals surface area contributed by atoms with Crippen molar-refractivity contribution in [2.75, 3.05) is 0 Å². The summed E-state index contributed by atoms with van der Waals surface area (Å²) in [6.07, 6.45) is 3.31. The highest BCUT2D eigenvalue weighted by atomic mass is 15.4. The molecule has 7 heteroatoms. The quantitative estimate of drug-likeness (QED) is 0.375. The van der Waals surface area contributed by atoms with Crippen LogP contribution in [0.4, 0.5) is 0 Å². The Bertz CT molecular complexity index is 431. The smallest absolute Gasteiger partial charge is 0.167 e. The fourth-order valence-corrected chi connectivity index (χ4v) is 1.19. The van der Waals surface area contributed by atoms with Gasteiger partial charge in [0.1, 0.15) is 10.4 Å². The minimum absolute atomic E-state index is 0.952. The lowest BCUT2D eigenvalue weighted by Crippen LogP contribution is -2.62. The molecule has 0 unspecified atom stereocenters.